The average Bonchev–Trinajstić information content (AvgIpc) is 2.75. The molecule has 9 heteroatoms. The number of hydrogen-bond acceptors (Lipinski definition) is 7. The summed E-state index contributed by atoms with van der Waals surface area (Å²) in [6.07, 6.45) is 6.32. The molecule has 0 radical (unpaired) electrons. The topological polar surface area (TPSA) is 108 Å². The third-order valence-electron chi connectivity index (χ3n) is 4.34. The van der Waals surface area contributed by atoms with Gasteiger partial charge in [0.15, 0.2) is 0 Å². The van der Waals surface area contributed by atoms with E-state index < -0.39 is 0 Å². The van der Waals surface area contributed by atoms with Crippen LogP contribution in [0.4, 0.5) is 22.0 Å². The van der Waals surface area contributed by atoms with Gasteiger partial charge in [-0.15, -0.1) is 0 Å². The second-order valence-corrected chi connectivity index (χ2v) is 6.54. The van der Waals surface area contributed by atoms with Gasteiger partial charge in [0, 0.05) is 36.3 Å². The number of benzene rings is 1. The number of nitrogens with zero attached hydrogens (tertiary/aromatic N) is 4. The van der Waals surface area contributed by atoms with Crippen molar-refractivity contribution in [1.29, 1.82) is 0 Å². The van der Waals surface area contributed by atoms with Crippen molar-refractivity contribution in [3.05, 3.63) is 89.0 Å². The van der Waals surface area contributed by atoms with Gasteiger partial charge >= 0.3 is 0 Å². The van der Waals surface area contributed by atoms with E-state index in [1.165, 1.54) is 18.2 Å². The molecule has 0 spiro atoms. The third kappa shape index (κ3) is 4.64. The van der Waals surface area contributed by atoms with Crippen molar-refractivity contribution in [1.82, 2.24) is 24.9 Å². The summed E-state index contributed by atoms with van der Waals surface area (Å²) in [4.78, 5) is 31.3. The van der Waals surface area contributed by atoms with Crippen molar-refractivity contribution in [2.24, 2.45) is 0 Å². The molecule has 8 nitrogen and oxygen atoms in total. The maximum absolute atomic E-state index is 13.2. The van der Waals surface area contributed by atoms with Crippen LogP contribution in [0, 0.1) is 5.82 Å². The summed E-state index contributed by atoms with van der Waals surface area (Å²) < 4.78 is 13.2. The van der Waals surface area contributed by atoms with Gasteiger partial charge in [-0.05, 0) is 30.7 Å². The summed E-state index contributed by atoms with van der Waals surface area (Å²) in [6.45, 7) is 1.93. The molecule has 0 aliphatic carbocycles. The number of aromatic nitrogens is 5. The summed E-state index contributed by atoms with van der Waals surface area (Å²) >= 11 is 0. The second kappa shape index (κ2) is 8.48. The lowest BCUT2D eigenvalue weighted by molar-refractivity contribution is 0.626. The number of rotatable bonds is 6. The van der Waals surface area contributed by atoms with E-state index in [1.807, 2.05) is 6.92 Å². The van der Waals surface area contributed by atoms with E-state index in [-0.39, 0.29) is 17.4 Å². The molecule has 4 aromatic rings. The van der Waals surface area contributed by atoms with E-state index in [1.54, 1.807) is 49.1 Å². The Morgan fingerprint density at radius 3 is 2.57 bits per heavy atom. The van der Waals surface area contributed by atoms with Gasteiger partial charge in [-0.1, -0.05) is 12.1 Å². The number of halogens is 1. The van der Waals surface area contributed by atoms with Crippen molar-refractivity contribution >= 4 is 17.6 Å². The Morgan fingerprint density at radius 1 is 1.03 bits per heavy atom. The summed E-state index contributed by atoms with van der Waals surface area (Å²) in [5.41, 5.74) is 2.00. The standard InChI is InChI=1S/C21H18FN7O/c1-13(14-2-5-16(22)6-3-14)26-21-27-17(15-4-7-20(30)25-11-15)10-18(29-21)28-19-12-23-8-9-24-19/h2-13H,1H3,(H,25,30)(H2,24,26,27,28,29). The van der Waals surface area contributed by atoms with Gasteiger partial charge in [0.2, 0.25) is 11.5 Å². The molecule has 3 N–H and O–H groups in total. The van der Waals surface area contributed by atoms with E-state index >= 15 is 0 Å². The maximum Gasteiger partial charge on any atom is 0.247 e. The Bertz CT molecular complexity index is 1180. The van der Waals surface area contributed by atoms with Crippen LogP contribution in [0.25, 0.3) is 11.3 Å². The first-order valence-electron chi connectivity index (χ1n) is 9.20. The molecule has 0 saturated heterocycles. The highest BCUT2D eigenvalue weighted by Crippen LogP contribution is 2.24. The molecule has 4 rings (SSSR count). The van der Waals surface area contributed by atoms with Crippen LogP contribution in [0.15, 0.2) is 72.0 Å². The van der Waals surface area contributed by atoms with E-state index in [9.17, 15) is 9.18 Å². The van der Waals surface area contributed by atoms with E-state index in [0.717, 1.165) is 11.1 Å². The van der Waals surface area contributed by atoms with E-state index in [0.29, 0.717) is 23.3 Å². The molecule has 1 unspecified atom stereocenters. The molecule has 150 valence electrons. The Morgan fingerprint density at radius 2 is 1.87 bits per heavy atom. The highest BCUT2D eigenvalue weighted by Gasteiger charge is 2.12. The van der Waals surface area contributed by atoms with E-state index in [4.69, 9.17) is 0 Å². The molecule has 0 saturated carbocycles. The fourth-order valence-corrected chi connectivity index (χ4v) is 2.82. The monoisotopic (exact) mass is 403 g/mol. The number of H-pyrrole nitrogens is 1. The normalized spacial score (nSPS) is 11.7. The molecule has 3 heterocycles. The van der Waals surface area contributed by atoms with Crippen molar-refractivity contribution in [3.8, 4) is 11.3 Å². The van der Waals surface area contributed by atoms with Crippen LogP contribution in [0.1, 0.15) is 18.5 Å². The van der Waals surface area contributed by atoms with Gasteiger partial charge in [0.1, 0.15) is 17.5 Å². The van der Waals surface area contributed by atoms with Crippen LogP contribution in [0.3, 0.4) is 0 Å². The highest BCUT2D eigenvalue weighted by atomic mass is 19.1. The van der Waals surface area contributed by atoms with Crippen molar-refractivity contribution < 1.29 is 4.39 Å². The zero-order valence-corrected chi connectivity index (χ0v) is 16.0. The number of hydrogen-bond donors (Lipinski definition) is 3. The van der Waals surface area contributed by atoms with Crippen molar-refractivity contribution in [2.45, 2.75) is 13.0 Å². The van der Waals surface area contributed by atoms with Crippen LogP contribution in [-0.2, 0) is 0 Å². The summed E-state index contributed by atoms with van der Waals surface area (Å²) in [7, 11) is 0. The van der Waals surface area contributed by atoms with Gasteiger partial charge in [-0.25, -0.2) is 14.4 Å². The number of pyridine rings is 1. The molecule has 0 fully saturated rings. The molecule has 30 heavy (non-hydrogen) atoms. The van der Waals surface area contributed by atoms with Crippen LogP contribution < -0.4 is 16.2 Å². The molecule has 1 atom stereocenters. The summed E-state index contributed by atoms with van der Waals surface area (Å²) in [5, 5.41) is 6.33. The van der Waals surface area contributed by atoms with Gasteiger partial charge in [-0.3, -0.25) is 9.78 Å². The molecule has 3 aromatic heterocycles. The Labute approximate surface area is 171 Å². The van der Waals surface area contributed by atoms with Crippen molar-refractivity contribution in [3.63, 3.8) is 0 Å². The van der Waals surface area contributed by atoms with Crippen LogP contribution in [0.2, 0.25) is 0 Å². The summed E-state index contributed by atoms with van der Waals surface area (Å²) in [5.74, 6) is 1.10. The largest absolute Gasteiger partial charge is 0.348 e. The molecule has 0 bridgehead atoms. The molecular weight excluding hydrogens is 385 g/mol. The van der Waals surface area contributed by atoms with Gasteiger partial charge in [0.25, 0.3) is 0 Å². The molecule has 0 aliphatic heterocycles. The second-order valence-electron chi connectivity index (χ2n) is 6.54. The lowest BCUT2D eigenvalue weighted by Gasteiger charge is -2.16. The lowest BCUT2D eigenvalue weighted by Crippen LogP contribution is -2.11. The first-order chi connectivity index (χ1) is 14.6. The third-order valence-corrected chi connectivity index (χ3v) is 4.34. The molecule has 1 aromatic carbocycles. The zero-order valence-electron chi connectivity index (χ0n) is 16.0. The van der Waals surface area contributed by atoms with Crippen LogP contribution >= 0.6 is 0 Å². The number of aromatic amines is 1. The zero-order chi connectivity index (χ0) is 20.9. The Hall–Kier alpha value is -4.14. The van der Waals surface area contributed by atoms with Crippen molar-refractivity contribution in [2.75, 3.05) is 10.6 Å². The fraction of sp³-hybridized carbons (Fsp3) is 0.0952. The maximum atomic E-state index is 13.2. The fourth-order valence-electron chi connectivity index (χ4n) is 2.82. The number of anilines is 3. The van der Waals surface area contributed by atoms with Gasteiger partial charge in [-0.2, -0.15) is 4.98 Å². The van der Waals surface area contributed by atoms with E-state index in [2.05, 4.69) is 35.6 Å². The lowest BCUT2D eigenvalue weighted by atomic mass is 10.1. The Kier molecular flexibility index (Phi) is 5.42. The quantitative estimate of drug-likeness (QED) is 0.451. The predicted octanol–water partition coefficient (Wildman–Crippen LogP) is 3.68. The highest BCUT2D eigenvalue weighted by molar-refractivity contribution is 5.65. The molecule has 0 amide bonds. The molecular formula is C21H18FN7O. The minimum Gasteiger partial charge on any atom is -0.348 e. The predicted molar refractivity (Wildman–Crippen MR) is 112 cm³/mol. The smallest absolute Gasteiger partial charge is 0.247 e. The van der Waals surface area contributed by atoms with Crippen LogP contribution in [0.5, 0.6) is 0 Å². The van der Waals surface area contributed by atoms with Gasteiger partial charge < -0.3 is 15.6 Å². The number of nitrogens with one attached hydrogen (secondary N) is 3. The Balaban J connectivity index is 1.68. The first-order valence-corrected chi connectivity index (χ1v) is 9.20. The SMILES string of the molecule is CC(Nc1nc(Nc2cnccn2)cc(-c2ccc(=O)[nH]c2)n1)c1ccc(F)cc1. The van der Waals surface area contributed by atoms with Crippen LogP contribution in [-0.4, -0.2) is 24.9 Å². The first kappa shape index (κ1) is 19.2. The average molecular weight is 403 g/mol. The minimum atomic E-state index is -0.294. The summed E-state index contributed by atoms with van der Waals surface area (Å²) in [6, 6.07) is 10.9. The molecule has 0 aliphatic rings. The minimum absolute atomic E-state index is 0.166. The van der Waals surface area contributed by atoms with Gasteiger partial charge in [0.05, 0.1) is 17.9 Å².